The molecule has 1 aromatic carbocycles. The van der Waals surface area contributed by atoms with Crippen LogP contribution in [-0.4, -0.2) is 44.2 Å². The van der Waals surface area contributed by atoms with Crippen molar-refractivity contribution in [3.8, 4) is 17.0 Å². The van der Waals surface area contributed by atoms with Gasteiger partial charge in [0.25, 0.3) is 10.0 Å². The third-order valence-corrected chi connectivity index (χ3v) is 7.12. The van der Waals surface area contributed by atoms with Crippen molar-refractivity contribution < 1.29 is 22.3 Å². The molecule has 0 spiro atoms. The standard InChI is InChI=1S/C23H26FN3O4S/c1-25-13-18-11-23(27(15-18)32(28,29)20-3-2-8-26-14-20)21-5-4-19(12-22(21)24)31-16-17-6-9-30-10-7-17/h2-5,8,11-12,14-15,17,25H,6-7,9-10,13,16H2,1H3. The fraction of sp³-hybridized carbons (Fsp3) is 0.348. The zero-order valence-electron chi connectivity index (χ0n) is 17.8. The lowest BCUT2D eigenvalue weighted by Gasteiger charge is -2.22. The van der Waals surface area contributed by atoms with Crippen molar-refractivity contribution in [2.75, 3.05) is 26.9 Å². The van der Waals surface area contributed by atoms with Crippen LogP contribution in [0.15, 0.2) is 59.9 Å². The van der Waals surface area contributed by atoms with E-state index in [1.54, 1.807) is 31.3 Å². The third-order valence-electron chi connectivity index (χ3n) is 5.46. The molecule has 0 radical (unpaired) electrons. The van der Waals surface area contributed by atoms with E-state index in [2.05, 4.69) is 10.3 Å². The molecule has 0 saturated carbocycles. The smallest absolute Gasteiger partial charge is 0.269 e. The Morgan fingerprint density at radius 1 is 1.25 bits per heavy atom. The highest BCUT2D eigenvalue weighted by Gasteiger charge is 2.24. The number of benzene rings is 1. The van der Waals surface area contributed by atoms with Crippen LogP contribution in [0.2, 0.25) is 0 Å². The minimum Gasteiger partial charge on any atom is -0.493 e. The summed E-state index contributed by atoms with van der Waals surface area (Å²) in [5.74, 6) is 0.255. The average molecular weight is 460 g/mol. The molecule has 0 bridgehead atoms. The van der Waals surface area contributed by atoms with E-state index < -0.39 is 15.8 Å². The van der Waals surface area contributed by atoms with E-state index in [1.807, 2.05) is 0 Å². The van der Waals surface area contributed by atoms with E-state index in [-0.39, 0.29) is 16.2 Å². The van der Waals surface area contributed by atoms with Gasteiger partial charge in [-0.25, -0.2) is 16.8 Å². The average Bonchev–Trinajstić information content (AvgIpc) is 3.24. The van der Waals surface area contributed by atoms with Crippen molar-refractivity contribution in [1.29, 1.82) is 0 Å². The highest BCUT2D eigenvalue weighted by atomic mass is 32.2. The Bertz CT molecular complexity index is 1160. The van der Waals surface area contributed by atoms with E-state index in [0.717, 1.165) is 30.0 Å². The molecule has 170 valence electrons. The molecule has 0 unspecified atom stereocenters. The second-order valence-corrected chi connectivity index (χ2v) is 9.58. The van der Waals surface area contributed by atoms with E-state index in [0.29, 0.717) is 30.4 Å². The van der Waals surface area contributed by atoms with Gasteiger partial charge in [0.15, 0.2) is 0 Å². The van der Waals surface area contributed by atoms with Crippen LogP contribution in [-0.2, 0) is 21.3 Å². The first kappa shape index (κ1) is 22.4. The van der Waals surface area contributed by atoms with Gasteiger partial charge in [0.05, 0.1) is 12.3 Å². The lowest BCUT2D eigenvalue weighted by atomic mass is 10.0. The molecule has 0 aliphatic carbocycles. The van der Waals surface area contributed by atoms with Gasteiger partial charge >= 0.3 is 0 Å². The Kier molecular flexibility index (Phi) is 6.88. The number of pyridine rings is 1. The monoisotopic (exact) mass is 459 g/mol. The fourth-order valence-corrected chi connectivity index (χ4v) is 5.08. The molecule has 1 fully saturated rings. The van der Waals surface area contributed by atoms with Crippen molar-refractivity contribution in [3.05, 3.63) is 66.4 Å². The summed E-state index contributed by atoms with van der Waals surface area (Å²) in [6.45, 7) is 2.38. The van der Waals surface area contributed by atoms with E-state index >= 15 is 4.39 Å². The van der Waals surface area contributed by atoms with Crippen LogP contribution in [0.1, 0.15) is 18.4 Å². The number of rotatable bonds is 8. The topological polar surface area (TPSA) is 82.5 Å². The van der Waals surface area contributed by atoms with Gasteiger partial charge in [0, 0.05) is 50.0 Å². The second kappa shape index (κ2) is 9.81. The summed E-state index contributed by atoms with van der Waals surface area (Å²) < 4.78 is 53.9. The Balaban J connectivity index is 1.65. The number of ether oxygens (including phenoxy) is 2. The largest absolute Gasteiger partial charge is 0.493 e. The minimum absolute atomic E-state index is 0.0321. The first-order chi connectivity index (χ1) is 15.5. The van der Waals surface area contributed by atoms with Crippen LogP contribution in [0.5, 0.6) is 5.75 Å². The molecule has 9 heteroatoms. The number of hydrogen-bond donors (Lipinski definition) is 1. The molecule has 1 aliphatic rings. The molecule has 0 amide bonds. The Morgan fingerprint density at radius 2 is 2.06 bits per heavy atom. The zero-order chi connectivity index (χ0) is 22.6. The van der Waals surface area contributed by atoms with Crippen LogP contribution in [0.25, 0.3) is 11.3 Å². The summed E-state index contributed by atoms with van der Waals surface area (Å²) in [5.41, 5.74) is 1.14. The number of nitrogens with zero attached hydrogens (tertiary/aromatic N) is 2. The van der Waals surface area contributed by atoms with Crippen molar-refractivity contribution in [1.82, 2.24) is 14.3 Å². The maximum Gasteiger partial charge on any atom is 0.269 e. The third kappa shape index (κ3) is 4.85. The predicted octanol–water partition coefficient (Wildman–Crippen LogP) is 3.45. The summed E-state index contributed by atoms with van der Waals surface area (Å²) in [5, 5.41) is 3.00. The van der Waals surface area contributed by atoms with Gasteiger partial charge in [0.1, 0.15) is 16.5 Å². The predicted molar refractivity (Wildman–Crippen MR) is 118 cm³/mol. The summed E-state index contributed by atoms with van der Waals surface area (Å²) >= 11 is 0. The normalized spacial score (nSPS) is 15.1. The molecule has 32 heavy (non-hydrogen) atoms. The lowest BCUT2D eigenvalue weighted by Crippen LogP contribution is -2.21. The molecule has 1 N–H and O–H groups in total. The molecular weight excluding hydrogens is 433 g/mol. The maximum atomic E-state index is 15.1. The van der Waals surface area contributed by atoms with Gasteiger partial charge in [-0.15, -0.1) is 0 Å². The van der Waals surface area contributed by atoms with Gasteiger partial charge in [-0.3, -0.25) is 4.98 Å². The van der Waals surface area contributed by atoms with E-state index in [4.69, 9.17) is 9.47 Å². The molecule has 1 aliphatic heterocycles. The number of nitrogens with one attached hydrogen (secondary N) is 1. The van der Waals surface area contributed by atoms with Gasteiger partial charge in [-0.2, -0.15) is 0 Å². The van der Waals surface area contributed by atoms with Crippen LogP contribution in [0, 0.1) is 11.7 Å². The van der Waals surface area contributed by atoms with Crippen LogP contribution >= 0.6 is 0 Å². The molecule has 7 nitrogen and oxygen atoms in total. The van der Waals surface area contributed by atoms with Gasteiger partial charge in [-0.1, -0.05) is 0 Å². The zero-order valence-corrected chi connectivity index (χ0v) is 18.6. The number of halogens is 1. The van der Waals surface area contributed by atoms with Crippen molar-refractivity contribution in [2.45, 2.75) is 24.3 Å². The van der Waals surface area contributed by atoms with Crippen molar-refractivity contribution in [3.63, 3.8) is 0 Å². The highest BCUT2D eigenvalue weighted by molar-refractivity contribution is 7.90. The summed E-state index contributed by atoms with van der Waals surface area (Å²) in [6, 6.07) is 9.22. The van der Waals surface area contributed by atoms with Crippen LogP contribution in [0.3, 0.4) is 0 Å². The SMILES string of the molecule is CNCc1cc(-c2ccc(OCC3CCOCC3)cc2F)n(S(=O)(=O)c2cccnc2)c1. The molecule has 3 heterocycles. The van der Waals surface area contributed by atoms with Crippen molar-refractivity contribution >= 4 is 10.0 Å². The van der Waals surface area contributed by atoms with Gasteiger partial charge < -0.3 is 14.8 Å². The fourth-order valence-electron chi connectivity index (χ4n) is 3.73. The number of hydrogen-bond acceptors (Lipinski definition) is 6. The van der Waals surface area contributed by atoms with Gasteiger partial charge in [-0.05, 0) is 61.7 Å². The molecule has 3 aromatic rings. The van der Waals surface area contributed by atoms with Gasteiger partial charge in [0.2, 0.25) is 0 Å². The summed E-state index contributed by atoms with van der Waals surface area (Å²) in [7, 11) is -2.19. The van der Waals surface area contributed by atoms with E-state index in [9.17, 15) is 8.42 Å². The molecule has 0 atom stereocenters. The first-order valence-corrected chi connectivity index (χ1v) is 11.9. The first-order valence-electron chi connectivity index (χ1n) is 10.5. The number of aromatic nitrogens is 2. The van der Waals surface area contributed by atoms with Crippen LogP contribution < -0.4 is 10.1 Å². The lowest BCUT2D eigenvalue weighted by molar-refractivity contribution is 0.0497. The molecule has 2 aromatic heterocycles. The molecule has 1 saturated heterocycles. The Morgan fingerprint density at radius 3 is 2.75 bits per heavy atom. The Labute approximate surface area is 187 Å². The molecule has 4 rings (SSSR count). The summed E-state index contributed by atoms with van der Waals surface area (Å²) in [6.07, 6.45) is 6.13. The second-order valence-electron chi connectivity index (χ2n) is 7.76. The van der Waals surface area contributed by atoms with Crippen LogP contribution in [0.4, 0.5) is 4.39 Å². The Hall–Kier alpha value is -2.75. The highest BCUT2D eigenvalue weighted by Crippen LogP contribution is 2.31. The van der Waals surface area contributed by atoms with Crippen molar-refractivity contribution in [2.24, 2.45) is 5.92 Å². The quantitative estimate of drug-likeness (QED) is 0.556. The molecular formula is C23H26FN3O4S. The minimum atomic E-state index is -3.95. The summed E-state index contributed by atoms with van der Waals surface area (Å²) in [4.78, 5) is 3.94. The van der Waals surface area contributed by atoms with E-state index in [1.165, 1.54) is 30.7 Å². The maximum absolute atomic E-state index is 15.1.